The molecular formula is C13H10FNO3. The maximum Gasteiger partial charge on any atom is 0.219 e. The maximum absolute atomic E-state index is 11.6. The standard InChI is InChI=1S/C13H10FNO3/c14-17-7-9-1-4-13(15-6-9)18-11-2-3-12-10(5-11)8-16-12/h1-6H,7-8H2. The molecule has 3 rings (SSSR count). The third kappa shape index (κ3) is 2.12. The zero-order valence-corrected chi connectivity index (χ0v) is 9.43. The topological polar surface area (TPSA) is 40.6 Å². The Morgan fingerprint density at radius 3 is 2.83 bits per heavy atom. The number of halogens is 1. The molecule has 1 aliphatic rings. The van der Waals surface area contributed by atoms with Gasteiger partial charge in [0.2, 0.25) is 5.88 Å². The summed E-state index contributed by atoms with van der Waals surface area (Å²) in [6.07, 6.45) is 1.51. The lowest BCUT2D eigenvalue weighted by molar-refractivity contribution is -0.144. The molecule has 1 aromatic heterocycles. The van der Waals surface area contributed by atoms with Crippen LogP contribution in [0.2, 0.25) is 0 Å². The summed E-state index contributed by atoms with van der Waals surface area (Å²) in [4.78, 5) is 7.59. The second-order valence-corrected chi connectivity index (χ2v) is 3.92. The Labute approximate surface area is 103 Å². The number of ether oxygens (including phenoxy) is 2. The van der Waals surface area contributed by atoms with Crippen LogP contribution in [0.15, 0.2) is 36.5 Å². The number of nitrogens with zero attached hydrogens (tertiary/aromatic N) is 1. The van der Waals surface area contributed by atoms with Crippen LogP contribution in [-0.4, -0.2) is 4.98 Å². The molecule has 2 heterocycles. The molecule has 0 fully saturated rings. The first kappa shape index (κ1) is 11.0. The fourth-order valence-corrected chi connectivity index (χ4v) is 1.69. The van der Waals surface area contributed by atoms with E-state index in [-0.39, 0.29) is 6.61 Å². The molecule has 0 bridgehead atoms. The third-order valence-electron chi connectivity index (χ3n) is 2.66. The molecule has 0 unspecified atom stereocenters. The molecule has 0 saturated carbocycles. The lowest BCUT2D eigenvalue weighted by Crippen LogP contribution is -2.08. The van der Waals surface area contributed by atoms with Crippen LogP contribution in [-0.2, 0) is 18.2 Å². The summed E-state index contributed by atoms with van der Waals surface area (Å²) in [5.41, 5.74) is 1.77. The zero-order valence-electron chi connectivity index (χ0n) is 9.43. The van der Waals surface area contributed by atoms with Crippen LogP contribution < -0.4 is 9.47 Å². The van der Waals surface area contributed by atoms with Gasteiger partial charge in [-0.2, -0.15) is 4.94 Å². The second-order valence-electron chi connectivity index (χ2n) is 3.92. The van der Waals surface area contributed by atoms with Crippen molar-refractivity contribution < 1.29 is 18.9 Å². The zero-order chi connectivity index (χ0) is 12.4. The smallest absolute Gasteiger partial charge is 0.219 e. The van der Waals surface area contributed by atoms with Crippen LogP contribution in [0.3, 0.4) is 0 Å². The van der Waals surface area contributed by atoms with E-state index in [0.717, 1.165) is 11.3 Å². The minimum absolute atomic E-state index is 0.108. The van der Waals surface area contributed by atoms with Crippen molar-refractivity contribution in [2.75, 3.05) is 0 Å². The molecule has 0 amide bonds. The molecule has 92 valence electrons. The number of fused-ring (bicyclic) bond motifs is 1. The van der Waals surface area contributed by atoms with Crippen molar-refractivity contribution in [1.29, 1.82) is 0 Å². The molecule has 0 spiro atoms. The Bertz CT molecular complexity index is 557. The molecule has 0 aliphatic carbocycles. The highest BCUT2D eigenvalue weighted by Crippen LogP contribution is 2.33. The van der Waals surface area contributed by atoms with Crippen molar-refractivity contribution in [3.8, 4) is 17.4 Å². The van der Waals surface area contributed by atoms with Crippen molar-refractivity contribution in [1.82, 2.24) is 4.98 Å². The molecular weight excluding hydrogens is 237 g/mol. The van der Waals surface area contributed by atoms with Crippen LogP contribution in [0.4, 0.5) is 4.53 Å². The number of aromatic nitrogens is 1. The van der Waals surface area contributed by atoms with Gasteiger partial charge < -0.3 is 9.47 Å². The van der Waals surface area contributed by atoms with Gasteiger partial charge in [-0.25, -0.2) is 4.98 Å². The highest BCUT2D eigenvalue weighted by Gasteiger charge is 2.15. The van der Waals surface area contributed by atoms with E-state index in [1.807, 2.05) is 18.2 Å². The van der Waals surface area contributed by atoms with E-state index in [4.69, 9.17) is 9.47 Å². The molecule has 1 aromatic carbocycles. The first-order valence-corrected chi connectivity index (χ1v) is 5.47. The Kier molecular flexibility index (Phi) is 2.82. The minimum Gasteiger partial charge on any atom is -0.488 e. The van der Waals surface area contributed by atoms with Crippen molar-refractivity contribution in [3.05, 3.63) is 47.7 Å². The number of hydrogen-bond donors (Lipinski definition) is 0. The van der Waals surface area contributed by atoms with E-state index in [2.05, 4.69) is 9.93 Å². The minimum atomic E-state index is -0.108. The predicted molar refractivity (Wildman–Crippen MR) is 61.0 cm³/mol. The lowest BCUT2D eigenvalue weighted by atomic mass is 10.1. The van der Waals surface area contributed by atoms with Gasteiger partial charge in [0.25, 0.3) is 0 Å². The average molecular weight is 247 g/mol. The van der Waals surface area contributed by atoms with Crippen LogP contribution in [0, 0.1) is 0 Å². The largest absolute Gasteiger partial charge is 0.488 e. The van der Waals surface area contributed by atoms with Gasteiger partial charge in [0.15, 0.2) is 0 Å². The predicted octanol–water partition coefficient (Wildman–Crippen LogP) is 3.17. The summed E-state index contributed by atoms with van der Waals surface area (Å²) in [7, 11) is 0. The van der Waals surface area contributed by atoms with Gasteiger partial charge in [0.05, 0.1) is 0 Å². The van der Waals surface area contributed by atoms with Crippen molar-refractivity contribution >= 4 is 0 Å². The normalized spacial score (nSPS) is 12.3. The Hall–Kier alpha value is -2.14. The van der Waals surface area contributed by atoms with Crippen LogP contribution >= 0.6 is 0 Å². The Balaban J connectivity index is 1.73. The Morgan fingerprint density at radius 1 is 1.28 bits per heavy atom. The summed E-state index contributed by atoms with van der Waals surface area (Å²) in [5.74, 6) is 2.06. The SMILES string of the molecule is FOCc1ccc(Oc2ccc3c(c2)CO3)nc1. The number of pyridine rings is 1. The van der Waals surface area contributed by atoms with E-state index in [1.165, 1.54) is 6.20 Å². The molecule has 0 saturated heterocycles. The van der Waals surface area contributed by atoms with Gasteiger partial charge in [-0.3, -0.25) is 0 Å². The Morgan fingerprint density at radius 2 is 2.22 bits per heavy atom. The van der Waals surface area contributed by atoms with Crippen LogP contribution in [0.1, 0.15) is 11.1 Å². The van der Waals surface area contributed by atoms with Crippen molar-refractivity contribution in [2.24, 2.45) is 0 Å². The molecule has 0 N–H and O–H groups in total. The monoisotopic (exact) mass is 247 g/mol. The fourth-order valence-electron chi connectivity index (χ4n) is 1.69. The van der Waals surface area contributed by atoms with Crippen molar-refractivity contribution in [2.45, 2.75) is 13.2 Å². The fraction of sp³-hybridized carbons (Fsp3) is 0.154. The van der Waals surface area contributed by atoms with E-state index < -0.39 is 0 Å². The average Bonchev–Trinajstić information content (AvgIpc) is 2.36. The van der Waals surface area contributed by atoms with Gasteiger partial charge in [0, 0.05) is 17.8 Å². The molecule has 0 atom stereocenters. The maximum atomic E-state index is 11.6. The molecule has 1 aliphatic heterocycles. The van der Waals surface area contributed by atoms with Crippen LogP contribution in [0.5, 0.6) is 17.4 Å². The third-order valence-corrected chi connectivity index (χ3v) is 2.66. The summed E-state index contributed by atoms with van der Waals surface area (Å²) in [6, 6.07) is 8.97. The quantitative estimate of drug-likeness (QED) is 0.832. The van der Waals surface area contributed by atoms with Gasteiger partial charge >= 0.3 is 0 Å². The van der Waals surface area contributed by atoms with E-state index in [0.29, 0.717) is 23.8 Å². The highest BCUT2D eigenvalue weighted by atomic mass is 19.3. The summed E-state index contributed by atoms with van der Waals surface area (Å²) in [5, 5.41) is 0. The second kappa shape index (κ2) is 4.62. The first-order chi connectivity index (χ1) is 8.85. The van der Waals surface area contributed by atoms with Gasteiger partial charge in [-0.1, -0.05) is 0 Å². The van der Waals surface area contributed by atoms with Crippen molar-refractivity contribution in [3.63, 3.8) is 0 Å². The number of hydrogen-bond acceptors (Lipinski definition) is 4. The van der Waals surface area contributed by atoms with E-state index in [1.54, 1.807) is 12.1 Å². The van der Waals surface area contributed by atoms with Gasteiger partial charge in [-0.15, -0.1) is 0 Å². The summed E-state index contributed by atoms with van der Waals surface area (Å²) >= 11 is 0. The molecule has 2 aromatic rings. The van der Waals surface area contributed by atoms with Gasteiger partial charge in [-0.05, 0) is 34.4 Å². The summed E-state index contributed by atoms with van der Waals surface area (Å²) in [6.45, 7) is 0.510. The molecule has 5 heteroatoms. The van der Waals surface area contributed by atoms with Crippen LogP contribution in [0.25, 0.3) is 0 Å². The van der Waals surface area contributed by atoms with E-state index in [9.17, 15) is 4.53 Å². The first-order valence-electron chi connectivity index (χ1n) is 5.47. The number of benzene rings is 1. The highest BCUT2D eigenvalue weighted by molar-refractivity contribution is 5.44. The molecule has 18 heavy (non-hydrogen) atoms. The van der Waals surface area contributed by atoms with E-state index >= 15 is 0 Å². The summed E-state index contributed by atoms with van der Waals surface area (Å²) < 4.78 is 22.4. The number of rotatable bonds is 4. The molecule has 0 radical (unpaired) electrons. The van der Waals surface area contributed by atoms with Gasteiger partial charge in [0.1, 0.15) is 24.7 Å². The molecule has 4 nitrogen and oxygen atoms in total. The lowest BCUT2D eigenvalue weighted by Gasteiger charge is -2.20.